The van der Waals surface area contributed by atoms with Gasteiger partial charge in [-0.3, -0.25) is 4.90 Å². The first-order valence-corrected chi connectivity index (χ1v) is 6.74. The maximum absolute atomic E-state index is 9.72. The summed E-state index contributed by atoms with van der Waals surface area (Å²) in [6.07, 6.45) is 3.88. The van der Waals surface area contributed by atoms with Gasteiger partial charge in [-0.2, -0.15) is 0 Å². The summed E-state index contributed by atoms with van der Waals surface area (Å²) in [5, 5.41) is 9.72. The molecule has 1 saturated heterocycles. The fourth-order valence-electron chi connectivity index (χ4n) is 2.62. The predicted octanol–water partition coefficient (Wildman–Crippen LogP) is 1.60. The van der Waals surface area contributed by atoms with Gasteiger partial charge < -0.3 is 10.8 Å². The van der Waals surface area contributed by atoms with Gasteiger partial charge in [0.2, 0.25) is 0 Å². The molecular formula is C13H28N2O. The van der Waals surface area contributed by atoms with Crippen LogP contribution in [0.25, 0.3) is 0 Å². The van der Waals surface area contributed by atoms with Crippen molar-refractivity contribution in [3.63, 3.8) is 0 Å². The van der Waals surface area contributed by atoms with E-state index >= 15 is 0 Å². The molecule has 0 aromatic carbocycles. The Morgan fingerprint density at radius 1 is 1.31 bits per heavy atom. The molecule has 1 aliphatic heterocycles. The van der Waals surface area contributed by atoms with E-state index in [1.807, 2.05) is 6.92 Å². The fraction of sp³-hybridized carbons (Fsp3) is 1.00. The number of rotatable bonds is 5. The van der Waals surface area contributed by atoms with Gasteiger partial charge in [-0.15, -0.1) is 0 Å². The maximum Gasteiger partial charge on any atom is 0.0540 e. The van der Waals surface area contributed by atoms with Crippen LogP contribution in [0.5, 0.6) is 0 Å². The van der Waals surface area contributed by atoms with Gasteiger partial charge in [0.1, 0.15) is 0 Å². The molecule has 0 aliphatic carbocycles. The molecule has 3 N–H and O–H groups in total. The molecule has 0 bridgehead atoms. The second kappa shape index (κ2) is 6.58. The summed E-state index contributed by atoms with van der Waals surface area (Å²) in [5.74, 6) is 0.577. The molecule has 1 rings (SSSR count). The Bertz CT molecular complexity index is 198. The lowest BCUT2D eigenvalue weighted by Gasteiger charge is -2.40. The van der Waals surface area contributed by atoms with Gasteiger partial charge in [0, 0.05) is 25.2 Å². The second-order valence-electron chi connectivity index (χ2n) is 5.37. The number of hydrogen-bond acceptors (Lipinski definition) is 3. The van der Waals surface area contributed by atoms with Gasteiger partial charge in [-0.1, -0.05) is 13.8 Å². The molecule has 1 fully saturated rings. The number of likely N-dealkylation sites (tertiary alicyclic amines) is 1. The number of aliphatic hydroxyl groups is 1. The molecule has 4 atom stereocenters. The average Bonchev–Trinajstić information content (AvgIpc) is 2.27. The van der Waals surface area contributed by atoms with Crippen molar-refractivity contribution in [3.05, 3.63) is 0 Å². The third kappa shape index (κ3) is 4.04. The van der Waals surface area contributed by atoms with Crippen molar-refractivity contribution in [1.29, 1.82) is 0 Å². The van der Waals surface area contributed by atoms with Gasteiger partial charge >= 0.3 is 0 Å². The summed E-state index contributed by atoms with van der Waals surface area (Å²) in [5.41, 5.74) is 6.10. The third-order valence-corrected chi connectivity index (χ3v) is 3.89. The lowest BCUT2D eigenvalue weighted by molar-refractivity contribution is 0.0720. The highest BCUT2D eigenvalue weighted by Crippen LogP contribution is 2.23. The Balaban J connectivity index is 2.47. The molecule has 1 aliphatic rings. The van der Waals surface area contributed by atoms with Crippen molar-refractivity contribution in [2.45, 2.75) is 64.6 Å². The number of hydrogen-bond donors (Lipinski definition) is 2. The molecule has 96 valence electrons. The monoisotopic (exact) mass is 228 g/mol. The summed E-state index contributed by atoms with van der Waals surface area (Å²) < 4.78 is 0. The first kappa shape index (κ1) is 13.9. The van der Waals surface area contributed by atoms with Crippen LogP contribution in [0.4, 0.5) is 0 Å². The lowest BCUT2D eigenvalue weighted by atomic mass is 9.88. The Morgan fingerprint density at radius 2 is 2.00 bits per heavy atom. The van der Waals surface area contributed by atoms with Crippen LogP contribution in [0.15, 0.2) is 0 Å². The van der Waals surface area contributed by atoms with Gasteiger partial charge in [-0.25, -0.2) is 0 Å². The fourth-order valence-corrected chi connectivity index (χ4v) is 2.62. The smallest absolute Gasteiger partial charge is 0.0540 e. The van der Waals surface area contributed by atoms with E-state index < -0.39 is 0 Å². The molecule has 0 spiro atoms. The van der Waals surface area contributed by atoms with Crippen molar-refractivity contribution in [2.75, 3.05) is 13.1 Å². The quantitative estimate of drug-likeness (QED) is 0.751. The Hall–Kier alpha value is -0.120. The van der Waals surface area contributed by atoms with E-state index in [-0.39, 0.29) is 12.1 Å². The van der Waals surface area contributed by atoms with Crippen molar-refractivity contribution < 1.29 is 5.11 Å². The van der Waals surface area contributed by atoms with E-state index in [0.717, 1.165) is 32.4 Å². The number of nitrogens with two attached hydrogens (primary N) is 1. The number of aliphatic hydroxyl groups excluding tert-OH is 1. The van der Waals surface area contributed by atoms with E-state index in [9.17, 15) is 5.11 Å². The standard InChI is InChI=1S/C13H28N2O/c1-4-10(3)15-8-11(6-12(14)9-15)7-13(16)5-2/h10-13,16H,4-9,14H2,1-3H3. The lowest BCUT2D eigenvalue weighted by Crippen LogP contribution is -2.50. The van der Waals surface area contributed by atoms with Crippen molar-refractivity contribution in [2.24, 2.45) is 11.7 Å². The van der Waals surface area contributed by atoms with E-state index in [4.69, 9.17) is 5.73 Å². The number of piperidine rings is 1. The summed E-state index contributed by atoms with van der Waals surface area (Å²) in [7, 11) is 0. The Morgan fingerprint density at radius 3 is 2.56 bits per heavy atom. The Kier molecular flexibility index (Phi) is 5.73. The van der Waals surface area contributed by atoms with Crippen LogP contribution >= 0.6 is 0 Å². The van der Waals surface area contributed by atoms with Gasteiger partial charge in [0.15, 0.2) is 0 Å². The van der Waals surface area contributed by atoms with Crippen molar-refractivity contribution in [1.82, 2.24) is 4.90 Å². The van der Waals surface area contributed by atoms with Crippen LogP contribution in [0.1, 0.15) is 46.5 Å². The van der Waals surface area contributed by atoms with E-state index in [0.29, 0.717) is 12.0 Å². The zero-order valence-corrected chi connectivity index (χ0v) is 11.0. The molecule has 3 heteroatoms. The maximum atomic E-state index is 9.72. The molecule has 0 amide bonds. The van der Waals surface area contributed by atoms with Crippen molar-refractivity contribution in [3.8, 4) is 0 Å². The van der Waals surface area contributed by atoms with E-state index in [1.54, 1.807) is 0 Å². The topological polar surface area (TPSA) is 49.5 Å². The minimum absolute atomic E-state index is 0.144. The summed E-state index contributed by atoms with van der Waals surface area (Å²) in [4.78, 5) is 2.49. The molecule has 0 aromatic rings. The third-order valence-electron chi connectivity index (χ3n) is 3.89. The molecule has 3 nitrogen and oxygen atoms in total. The molecule has 16 heavy (non-hydrogen) atoms. The number of nitrogens with zero attached hydrogens (tertiary/aromatic N) is 1. The van der Waals surface area contributed by atoms with Crippen LogP contribution in [0.2, 0.25) is 0 Å². The zero-order chi connectivity index (χ0) is 12.1. The van der Waals surface area contributed by atoms with Crippen LogP contribution in [0, 0.1) is 5.92 Å². The molecular weight excluding hydrogens is 200 g/mol. The highest BCUT2D eigenvalue weighted by Gasteiger charge is 2.28. The van der Waals surface area contributed by atoms with Gasteiger partial charge in [0.25, 0.3) is 0 Å². The molecule has 0 aromatic heterocycles. The molecule has 1 heterocycles. The molecule has 4 unspecified atom stereocenters. The van der Waals surface area contributed by atoms with Crippen LogP contribution in [-0.4, -0.2) is 41.3 Å². The minimum atomic E-state index is -0.144. The second-order valence-corrected chi connectivity index (χ2v) is 5.37. The SMILES string of the molecule is CCC(O)CC1CC(N)CN(C(C)CC)C1. The summed E-state index contributed by atoms with van der Waals surface area (Å²) in [6, 6.07) is 0.907. The average molecular weight is 228 g/mol. The van der Waals surface area contributed by atoms with Crippen LogP contribution in [-0.2, 0) is 0 Å². The first-order valence-electron chi connectivity index (χ1n) is 6.74. The van der Waals surface area contributed by atoms with Gasteiger partial charge in [-0.05, 0) is 38.5 Å². The van der Waals surface area contributed by atoms with Crippen LogP contribution in [0.3, 0.4) is 0 Å². The zero-order valence-electron chi connectivity index (χ0n) is 11.0. The summed E-state index contributed by atoms with van der Waals surface area (Å²) >= 11 is 0. The normalized spacial score (nSPS) is 31.3. The van der Waals surface area contributed by atoms with E-state index in [1.165, 1.54) is 6.42 Å². The largest absolute Gasteiger partial charge is 0.393 e. The van der Waals surface area contributed by atoms with Crippen LogP contribution < -0.4 is 5.73 Å². The minimum Gasteiger partial charge on any atom is -0.393 e. The predicted molar refractivity (Wildman–Crippen MR) is 68.3 cm³/mol. The Labute approximate surface area is 100 Å². The van der Waals surface area contributed by atoms with E-state index in [2.05, 4.69) is 18.7 Å². The summed E-state index contributed by atoms with van der Waals surface area (Å²) in [6.45, 7) is 8.67. The van der Waals surface area contributed by atoms with Crippen molar-refractivity contribution >= 4 is 0 Å². The van der Waals surface area contributed by atoms with Gasteiger partial charge in [0.05, 0.1) is 6.10 Å². The molecule has 0 radical (unpaired) electrons. The molecule has 0 saturated carbocycles. The highest BCUT2D eigenvalue weighted by molar-refractivity contribution is 4.84. The highest BCUT2D eigenvalue weighted by atomic mass is 16.3. The first-order chi connectivity index (χ1) is 7.56.